The van der Waals surface area contributed by atoms with Crippen LogP contribution in [0.4, 0.5) is 15.8 Å². The number of hydrogen-bond donors (Lipinski definition) is 2. The number of nitro benzene ring substituents is 1. The number of halogens is 2. The van der Waals surface area contributed by atoms with Crippen molar-refractivity contribution in [2.24, 2.45) is 0 Å². The lowest BCUT2D eigenvalue weighted by Gasteiger charge is -2.08. The quantitative estimate of drug-likeness (QED) is 0.618. The largest absolute Gasteiger partial charge is 0.370 e. The molecule has 1 rings (SSSR count). The van der Waals surface area contributed by atoms with Crippen molar-refractivity contribution < 1.29 is 14.1 Å². The minimum Gasteiger partial charge on any atom is -0.370 e. The third kappa shape index (κ3) is 4.47. The number of rotatable bonds is 6. The van der Waals surface area contributed by atoms with Crippen LogP contribution in [0.1, 0.15) is 13.3 Å². The molecule has 0 heterocycles. The van der Waals surface area contributed by atoms with Crippen LogP contribution in [0.5, 0.6) is 0 Å². The highest BCUT2D eigenvalue weighted by molar-refractivity contribution is 9.10. The minimum atomic E-state index is -0.642. The summed E-state index contributed by atoms with van der Waals surface area (Å²) in [5.41, 5.74) is -0.325. The topological polar surface area (TPSA) is 84.3 Å². The van der Waals surface area contributed by atoms with Crippen molar-refractivity contribution >= 4 is 33.2 Å². The van der Waals surface area contributed by atoms with Crippen molar-refractivity contribution in [2.75, 3.05) is 18.4 Å². The Morgan fingerprint density at radius 2 is 2.21 bits per heavy atom. The van der Waals surface area contributed by atoms with E-state index in [9.17, 15) is 19.3 Å². The Bertz CT molecular complexity index is 496. The van der Waals surface area contributed by atoms with Gasteiger partial charge in [0.05, 0.1) is 15.9 Å². The van der Waals surface area contributed by atoms with Crippen LogP contribution < -0.4 is 10.6 Å². The molecule has 0 saturated carbocycles. The van der Waals surface area contributed by atoms with E-state index in [1.807, 2.05) is 6.92 Å². The summed E-state index contributed by atoms with van der Waals surface area (Å²) in [6, 6.07) is 2.04. The first kappa shape index (κ1) is 15.4. The highest BCUT2D eigenvalue weighted by atomic mass is 79.9. The number of anilines is 1. The fourth-order valence-electron chi connectivity index (χ4n) is 1.33. The molecule has 0 spiro atoms. The van der Waals surface area contributed by atoms with Crippen LogP contribution in [0, 0.1) is 15.9 Å². The van der Waals surface area contributed by atoms with Gasteiger partial charge in [-0.2, -0.15) is 0 Å². The predicted octanol–water partition coefficient (Wildman–Crippen LogP) is 2.43. The van der Waals surface area contributed by atoms with Gasteiger partial charge in [0.15, 0.2) is 0 Å². The molecule has 0 aliphatic rings. The molecule has 0 aliphatic carbocycles. The predicted molar refractivity (Wildman–Crippen MR) is 72.5 cm³/mol. The van der Waals surface area contributed by atoms with Crippen molar-refractivity contribution in [3.05, 3.63) is 32.5 Å². The fourth-order valence-corrected chi connectivity index (χ4v) is 1.66. The van der Waals surface area contributed by atoms with Gasteiger partial charge in [-0.1, -0.05) is 6.92 Å². The molecule has 0 unspecified atom stereocenters. The van der Waals surface area contributed by atoms with Gasteiger partial charge in [0.2, 0.25) is 5.91 Å². The van der Waals surface area contributed by atoms with E-state index in [1.165, 1.54) is 0 Å². The molecule has 0 saturated heterocycles. The Labute approximate surface area is 117 Å². The van der Waals surface area contributed by atoms with Crippen molar-refractivity contribution in [3.63, 3.8) is 0 Å². The van der Waals surface area contributed by atoms with E-state index in [0.29, 0.717) is 6.54 Å². The summed E-state index contributed by atoms with van der Waals surface area (Å²) in [5.74, 6) is -0.943. The van der Waals surface area contributed by atoms with Gasteiger partial charge < -0.3 is 10.6 Å². The van der Waals surface area contributed by atoms with Gasteiger partial charge in [-0.05, 0) is 22.4 Å². The van der Waals surface area contributed by atoms with E-state index < -0.39 is 10.7 Å². The second-order valence-electron chi connectivity index (χ2n) is 3.74. The zero-order valence-corrected chi connectivity index (χ0v) is 11.8. The average Bonchev–Trinajstić information content (AvgIpc) is 2.36. The highest BCUT2D eigenvalue weighted by Crippen LogP contribution is 2.30. The van der Waals surface area contributed by atoms with Gasteiger partial charge >= 0.3 is 0 Å². The molecule has 104 valence electrons. The van der Waals surface area contributed by atoms with Crippen molar-refractivity contribution in [2.45, 2.75) is 13.3 Å². The summed E-state index contributed by atoms with van der Waals surface area (Å²) in [5, 5.41) is 16.0. The Hall–Kier alpha value is -1.70. The molecule has 0 aliphatic heterocycles. The van der Waals surface area contributed by atoms with Gasteiger partial charge in [0.25, 0.3) is 5.69 Å². The third-order valence-corrected chi connectivity index (χ3v) is 2.85. The first-order valence-corrected chi connectivity index (χ1v) is 6.39. The van der Waals surface area contributed by atoms with E-state index in [-0.39, 0.29) is 28.3 Å². The van der Waals surface area contributed by atoms with Gasteiger partial charge in [-0.15, -0.1) is 0 Å². The zero-order chi connectivity index (χ0) is 14.4. The van der Waals surface area contributed by atoms with Crippen molar-refractivity contribution in [1.29, 1.82) is 0 Å². The van der Waals surface area contributed by atoms with E-state index >= 15 is 0 Å². The van der Waals surface area contributed by atoms with Crippen LogP contribution in [0.25, 0.3) is 0 Å². The van der Waals surface area contributed by atoms with Gasteiger partial charge in [-0.3, -0.25) is 14.9 Å². The summed E-state index contributed by atoms with van der Waals surface area (Å²) in [6.45, 7) is 2.28. The van der Waals surface area contributed by atoms with Crippen LogP contribution >= 0.6 is 15.9 Å². The zero-order valence-electron chi connectivity index (χ0n) is 10.2. The second kappa shape index (κ2) is 7.03. The molecule has 19 heavy (non-hydrogen) atoms. The van der Waals surface area contributed by atoms with E-state index in [4.69, 9.17) is 0 Å². The monoisotopic (exact) mass is 333 g/mol. The van der Waals surface area contributed by atoms with Crippen molar-refractivity contribution in [1.82, 2.24) is 5.32 Å². The molecule has 8 heteroatoms. The Kier molecular flexibility index (Phi) is 5.68. The number of nitrogens with zero attached hydrogens (tertiary/aromatic N) is 1. The fraction of sp³-hybridized carbons (Fsp3) is 0.364. The van der Waals surface area contributed by atoms with Crippen LogP contribution in [0.15, 0.2) is 16.6 Å². The number of nitro groups is 1. The average molecular weight is 334 g/mol. The molecule has 1 amide bonds. The maximum atomic E-state index is 13.3. The van der Waals surface area contributed by atoms with Crippen LogP contribution in [-0.4, -0.2) is 23.9 Å². The van der Waals surface area contributed by atoms with Gasteiger partial charge in [0, 0.05) is 18.7 Å². The normalized spacial score (nSPS) is 10.1. The number of benzene rings is 1. The van der Waals surface area contributed by atoms with Crippen LogP contribution in [0.2, 0.25) is 0 Å². The molecule has 1 aromatic carbocycles. The summed E-state index contributed by atoms with van der Waals surface area (Å²) < 4.78 is 13.3. The van der Waals surface area contributed by atoms with Crippen molar-refractivity contribution in [3.8, 4) is 0 Å². The molecule has 2 N–H and O–H groups in total. The summed E-state index contributed by atoms with van der Waals surface area (Å²) in [7, 11) is 0. The molecule has 0 radical (unpaired) electrons. The molecule has 0 atom stereocenters. The minimum absolute atomic E-state index is 0.000171. The lowest BCUT2D eigenvalue weighted by Crippen LogP contribution is -2.30. The standard InChI is InChI=1S/C11H13BrFN3O3/c1-2-3-14-11(17)6-15-9-5-8(13)7(12)4-10(9)16(18)19/h4-5,15H,2-3,6H2,1H3,(H,14,17). The summed E-state index contributed by atoms with van der Waals surface area (Å²) >= 11 is 2.88. The summed E-state index contributed by atoms with van der Waals surface area (Å²) in [4.78, 5) is 21.5. The maximum Gasteiger partial charge on any atom is 0.293 e. The lowest BCUT2D eigenvalue weighted by molar-refractivity contribution is -0.384. The molecular weight excluding hydrogens is 321 g/mol. The van der Waals surface area contributed by atoms with Crippen LogP contribution in [-0.2, 0) is 4.79 Å². The highest BCUT2D eigenvalue weighted by Gasteiger charge is 2.17. The lowest BCUT2D eigenvalue weighted by atomic mass is 10.2. The van der Waals surface area contributed by atoms with E-state index in [2.05, 4.69) is 26.6 Å². The maximum absolute atomic E-state index is 13.3. The second-order valence-corrected chi connectivity index (χ2v) is 4.60. The molecule has 0 aromatic heterocycles. The molecule has 1 aromatic rings. The summed E-state index contributed by atoms with van der Waals surface area (Å²) in [6.07, 6.45) is 0.790. The Balaban J connectivity index is 2.79. The number of amides is 1. The number of carbonyl (C=O) groups is 1. The van der Waals surface area contributed by atoms with Gasteiger partial charge in [-0.25, -0.2) is 4.39 Å². The Morgan fingerprint density at radius 1 is 1.53 bits per heavy atom. The van der Waals surface area contributed by atoms with E-state index in [1.54, 1.807) is 0 Å². The smallest absolute Gasteiger partial charge is 0.293 e. The first-order valence-electron chi connectivity index (χ1n) is 5.59. The number of hydrogen-bond acceptors (Lipinski definition) is 4. The SMILES string of the molecule is CCCNC(=O)CNc1cc(F)c(Br)cc1[N+](=O)[O-]. The van der Waals surface area contributed by atoms with E-state index in [0.717, 1.165) is 18.6 Å². The first-order chi connectivity index (χ1) is 8.95. The Morgan fingerprint density at radius 3 is 2.79 bits per heavy atom. The molecular formula is C11H13BrFN3O3. The third-order valence-electron chi connectivity index (χ3n) is 2.25. The van der Waals surface area contributed by atoms with Crippen LogP contribution in [0.3, 0.4) is 0 Å². The van der Waals surface area contributed by atoms with Gasteiger partial charge in [0.1, 0.15) is 11.5 Å². The molecule has 0 bridgehead atoms. The molecule has 6 nitrogen and oxygen atoms in total. The number of nitrogens with one attached hydrogen (secondary N) is 2. The molecule has 0 fully saturated rings. The number of carbonyl (C=O) groups excluding carboxylic acids is 1.